The van der Waals surface area contributed by atoms with Crippen LogP contribution in [0.4, 0.5) is 0 Å². The maximum absolute atomic E-state index is 12.9. The van der Waals surface area contributed by atoms with Crippen LogP contribution in [0.1, 0.15) is 46.1 Å². The van der Waals surface area contributed by atoms with Crippen LogP contribution in [0.15, 0.2) is 52.4 Å². The minimum atomic E-state index is -0.234. The molecule has 1 aliphatic carbocycles. The van der Waals surface area contributed by atoms with Crippen molar-refractivity contribution >= 4 is 52.3 Å². The van der Waals surface area contributed by atoms with Crippen molar-refractivity contribution in [1.82, 2.24) is 0 Å². The average Bonchev–Trinajstić information content (AvgIpc) is 3.13. The first-order valence-electron chi connectivity index (χ1n) is 8.50. The fraction of sp³-hybridized carbons (Fsp3) is 0.190. The lowest BCUT2D eigenvalue weighted by molar-refractivity contribution is -0.109. The highest BCUT2D eigenvalue weighted by Gasteiger charge is 2.33. The predicted molar refractivity (Wildman–Crippen MR) is 113 cm³/mol. The van der Waals surface area contributed by atoms with Crippen molar-refractivity contribution in [3.05, 3.63) is 68.9 Å². The molecule has 0 saturated carbocycles. The molecule has 2 N–H and O–H groups in total. The van der Waals surface area contributed by atoms with Gasteiger partial charge in [-0.1, -0.05) is 31.2 Å². The Morgan fingerprint density at radius 1 is 1.11 bits per heavy atom. The van der Waals surface area contributed by atoms with Gasteiger partial charge < -0.3 is 5.73 Å². The van der Waals surface area contributed by atoms with Crippen LogP contribution in [0.25, 0.3) is 11.1 Å². The highest BCUT2D eigenvalue weighted by molar-refractivity contribution is 7.12. The number of hydrogen-bond donors (Lipinski definition) is 1. The first kappa shape index (κ1) is 19.4. The van der Waals surface area contributed by atoms with Crippen molar-refractivity contribution in [2.24, 2.45) is 10.7 Å². The summed E-state index contributed by atoms with van der Waals surface area (Å²) in [6.45, 7) is 4.47. The molecule has 1 atom stereocenters. The number of allylic oxidation sites excluding steroid dienone is 4. The molecular weight excluding hydrogens is 380 g/mol. The summed E-state index contributed by atoms with van der Waals surface area (Å²) >= 11 is 1.36. The lowest BCUT2D eigenvalue weighted by atomic mass is 9.81. The maximum Gasteiger partial charge on any atom is 0.288 e. The van der Waals surface area contributed by atoms with Gasteiger partial charge in [0, 0.05) is 16.7 Å². The number of hydrogen-bond acceptors (Lipinski definition) is 4. The number of fused-ring (bicyclic) bond motifs is 3. The van der Waals surface area contributed by atoms with E-state index in [2.05, 4.69) is 11.9 Å². The Morgan fingerprint density at radius 3 is 2.48 bits per heavy atom. The van der Waals surface area contributed by atoms with Crippen LogP contribution < -0.4 is 5.73 Å². The molecule has 2 heterocycles. The second kappa shape index (κ2) is 7.35. The van der Waals surface area contributed by atoms with E-state index in [1.54, 1.807) is 6.08 Å². The zero-order chi connectivity index (χ0) is 18.4. The van der Waals surface area contributed by atoms with Gasteiger partial charge in [-0.2, -0.15) is 0 Å². The predicted octanol–water partition coefficient (Wildman–Crippen LogP) is 4.27. The molecule has 0 fully saturated rings. The van der Waals surface area contributed by atoms with Crippen LogP contribution in [0, 0.1) is 0 Å². The minimum Gasteiger partial charge on any atom is -0.330 e. The third-order valence-electron chi connectivity index (χ3n) is 4.92. The van der Waals surface area contributed by atoms with Gasteiger partial charge in [-0.05, 0) is 53.6 Å². The molecule has 0 unspecified atom stereocenters. The maximum atomic E-state index is 12.9. The molecule has 4 rings (SSSR count). The monoisotopic (exact) mass is 398 g/mol. The smallest absolute Gasteiger partial charge is 0.288 e. The number of carbonyl (C=O) groups is 2. The van der Waals surface area contributed by atoms with Crippen molar-refractivity contribution in [1.29, 1.82) is 0 Å². The van der Waals surface area contributed by atoms with E-state index < -0.39 is 0 Å². The standard InChI is InChI=1S/C21H18N2O2S.ClH/c1-11-9-16(24)17(14-5-3-13(4-6-14)12(2)10-22)18-15-7-8-26-20(15)21(25)23-19(11)18;/h3-9,12H,10,22H2,1-2H3;1H/t12-;/m0./s1. The summed E-state index contributed by atoms with van der Waals surface area (Å²) in [6.07, 6.45) is 1.57. The van der Waals surface area contributed by atoms with Crippen molar-refractivity contribution in [2.75, 3.05) is 6.54 Å². The van der Waals surface area contributed by atoms with Crippen molar-refractivity contribution in [3.63, 3.8) is 0 Å². The van der Waals surface area contributed by atoms with E-state index >= 15 is 0 Å². The summed E-state index contributed by atoms with van der Waals surface area (Å²) in [5.74, 6) is -0.0244. The number of rotatable bonds is 3. The Balaban J connectivity index is 0.00000210. The minimum absolute atomic E-state index is 0. The second-order valence-electron chi connectivity index (χ2n) is 6.63. The number of ketones is 1. The molecule has 1 aromatic carbocycles. The van der Waals surface area contributed by atoms with E-state index in [4.69, 9.17) is 5.73 Å². The highest BCUT2D eigenvalue weighted by Crippen LogP contribution is 2.40. The van der Waals surface area contributed by atoms with Gasteiger partial charge >= 0.3 is 0 Å². The number of halogens is 1. The van der Waals surface area contributed by atoms with E-state index in [1.807, 2.05) is 42.6 Å². The molecule has 2 aromatic rings. The van der Waals surface area contributed by atoms with Crippen molar-refractivity contribution in [2.45, 2.75) is 19.8 Å². The Bertz CT molecular complexity index is 1030. The third-order valence-corrected chi connectivity index (χ3v) is 5.82. The highest BCUT2D eigenvalue weighted by atomic mass is 35.5. The van der Waals surface area contributed by atoms with Crippen LogP contribution in [-0.4, -0.2) is 23.9 Å². The summed E-state index contributed by atoms with van der Waals surface area (Å²) in [5.41, 5.74) is 11.2. The summed E-state index contributed by atoms with van der Waals surface area (Å²) in [7, 11) is 0. The number of nitrogens with two attached hydrogens (primary N) is 1. The molecule has 1 aromatic heterocycles. The Morgan fingerprint density at radius 2 is 1.81 bits per heavy atom. The molecule has 138 valence electrons. The second-order valence-corrected chi connectivity index (χ2v) is 7.55. The van der Waals surface area contributed by atoms with E-state index in [1.165, 1.54) is 11.3 Å². The number of thiophene rings is 1. The number of nitrogens with zero attached hydrogens (tertiary/aromatic N) is 1. The average molecular weight is 399 g/mol. The molecule has 0 spiro atoms. The molecular formula is C21H19ClN2O2S. The molecule has 0 saturated heterocycles. The fourth-order valence-corrected chi connectivity index (χ4v) is 4.19. The summed E-state index contributed by atoms with van der Waals surface area (Å²) in [5, 5.41) is 1.87. The van der Waals surface area contributed by atoms with Gasteiger partial charge in [0.1, 0.15) is 4.88 Å². The zero-order valence-electron chi connectivity index (χ0n) is 15.0. The van der Waals surface area contributed by atoms with Gasteiger partial charge in [-0.25, -0.2) is 4.99 Å². The lowest BCUT2D eigenvalue weighted by Gasteiger charge is -2.24. The first-order valence-corrected chi connectivity index (χ1v) is 9.38. The lowest BCUT2D eigenvalue weighted by Crippen LogP contribution is -2.22. The Kier molecular flexibility index (Phi) is 5.29. The molecule has 1 amide bonds. The van der Waals surface area contributed by atoms with E-state index in [0.717, 1.165) is 27.8 Å². The summed E-state index contributed by atoms with van der Waals surface area (Å²) in [6, 6.07) is 9.84. The molecule has 1 aliphatic heterocycles. The largest absolute Gasteiger partial charge is 0.330 e. The first-order chi connectivity index (χ1) is 12.5. The van der Waals surface area contributed by atoms with E-state index in [9.17, 15) is 9.59 Å². The quantitative estimate of drug-likeness (QED) is 0.785. The molecule has 0 radical (unpaired) electrons. The van der Waals surface area contributed by atoms with Gasteiger partial charge in [0.05, 0.1) is 5.71 Å². The van der Waals surface area contributed by atoms with Crippen LogP contribution in [0.3, 0.4) is 0 Å². The van der Waals surface area contributed by atoms with E-state index in [-0.39, 0.29) is 30.0 Å². The molecule has 4 nitrogen and oxygen atoms in total. The number of carbonyl (C=O) groups excluding carboxylic acids is 2. The van der Waals surface area contributed by atoms with Crippen LogP contribution in [0.2, 0.25) is 0 Å². The SMILES string of the molecule is CC1=CC(=O)C(c2ccc([C@@H](C)CN)cc2)=C2C1=NC(=O)c1sccc12.Cl. The topological polar surface area (TPSA) is 72.5 Å². The third kappa shape index (κ3) is 3.12. The molecule has 0 bridgehead atoms. The Hall–Kier alpha value is -2.34. The van der Waals surface area contributed by atoms with E-state index in [0.29, 0.717) is 22.7 Å². The molecule has 2 aliphatic rings. The van der Waals surface area contributed by atoms with Crippen LogP contribution >= 0.6 is 23.7 Å². The normalized spacial score (nSPS) is 16.9. The van der Waals surface area contributed by atoms with Crippen LogP contribution in [0.5, 0.6) is 0 Å². The zero-order valence-corrected chi connectivity index (χ0v) is 16.6. The van der Waals surface area contributed by atoms with Crippen LogP contribution in [-0.2, 0) is 4.79 Å². The summed E-state index contributed by atoms with van der Waals surface area (Å²) in [4.78, 5) is 30.0. The van der Waals surface area contributed by atoms with Gasteiger partial charge in [0.25, 0.3) is 5.91 Å². The number of benzene rings is 1. The molecule has 27 heavy (non-hydrogen) atoms. The van der Waals surface area contributed by atoms with Gasteiger partial charge in [0.15, 0.2) is 5.78 Å². The number of aliphatic imine (C=N–C) groups is 1. The van der Waals surface area contributed by atoms with Gasteiger partial charge in [0.2, 0.25) is 0 Å². The molecule has 6 heteroatoms. The number of amides is 1. The Labute approximate surface area is 167 Å². The van der Waals surface area contributed by atoms with Gasteiger partial charge in [-0.3, -0.25) is 9.59 Å². The van der Waals surface area contributed by atoms with Gasteiger partial charge in [-0.15, -0.1) is 23.7 Å². The van der Waals surface area contributed by atoms with Crippen molar-refractivity contribution in [3.8, 4) is 0 Å². The summed E-state index contributed by atoms with van der Waals surface area (Å²) < 4.78 is 0. The fourth-order valence-electron chi connectivity index (χ4n) is 3.41. The van der Waals surface area contributed by atoms with Crippen molar-refractivity contribution < 1.29 is 9.59 Å².